The van der Waals surface area contributed by atoms with Crippen LogP contribution in [0.25, 0.3) is 11.3 Å². The first-order valence-corrected chi connectivity index (χ1v) is 7.52. The highest BCUT2D eigenvalue weighted by Gasteiger charge is 2.02. The lowest BCUT2D eigenvalue weighted by atomic mass is 10.5. The minimum Gasteiger partial charge on any atom is -0.308 e. The van der Waals surface area contributed by atoms with E-state index in [1.54, 1.807) is 18.3 Å². The third-order valence-electron chi connectivity index (χ3n) is 2.60. The molecule has 4 aromatic heterocycles. The second kappa shape index (κ2) is 6.87. The van der Waals surface area contributed by atoms with Gasteiger partial charge in [0.2, 0.25) is 5.91 Å². The van der Waals surface area contributed by atoms with Crippen molar-refractivity contribution in [1.29, 1.82) is 0 Å². The van der Waals surface area contributed by atoms with Crippen molar-refractivity contribution in [3.8, 4) is 0 Å². The smallest absolute Gasteiger partial charge is 0.236 e. The average Bonchev–Trinajstić information content (AvgIpc) is 3.23. The maximum Gasteiger partial charge on any atom is 0.236 e. The molecule has 0 aromatic carbocycles. The standard InChI is InChI=1S/C7H6BrN5O.C5H4N4/c8-3-7(14)11-5-1-2-6-9-4-10-13(6)12-5;1-2-5-6-4-8-9(5)7-3-1/h1-2,4H,3H2,(H,11,12,14);1-4H. The Kier molecular flexibility index (Phi) is 4.47. The van der Waals surface area contributed by atoms with Gasteiger partial charge in [0, 0.05) is 6.20 Å². The first kappa shape index (κ1) is 15.0. The van der Waals surface area contributed by atoms with Gasteiger partial charge in [0.15, 0.2) is 17.1 Å². The van der Waals surface area contributed by atoms with Gasteiger partial charge in [0.25, 0.3) is 0 Å². The second-order valence-electron chi connectivity index (χ2n) is 4.14. The summed E-state index contributed by atoms with van der Waals surface area (Å²) in [6, 6.07) is 7.07. The number of aromatic nitrogens is 8. The molecule has 0 atom stereocenters. The molecule has 23 heavy (non-hydrogen) atoms. The molecule has 1 N–H and O–H groups in total. The van der Waals surface area contributed by atoms with E-state index in [0.29, 0.717) is 11.5 Å². The molecule has 1 amide bonds. The largest absolute Gasteiger partial charge is 0.308 e. The summed E-state index contributed by atoms with van der Waals surface area (Å²) in [5, 5.41) is 18.4. The van der Waals surface area contributed by atoms with Crippen LogP contribution in [0.2, 0.25) is 0 Å². The minimum atomic E-state index is -0.156. The maximum absolute atomic E-state index is 11.0. The van der Waals surface area contributed by atoms with Crippen LogP contribution in [0.15, 0.2) is 43.1 Å². The fourth-order valence-electron chi connectivity index (χ4n) is 1.64. The molecule has 0 saturated heterocycles. The van der Waals surface area contributed by atoms with Crippen LogP contribution in [-0.4, -0.2) is 50.9 Å². The maximum atomic E-state index is 11.0. The molecule has 4 aromatic rings. The number of hydrogen-bond donors (Lipinski definition) is 1. The molecule has 0 aliphatic rings. The van der Waals surface area contributed by atoms with Gasteiger partial charge in [-0.25, -0.2) is 9.97 Å². The molecule has 0 fully saturated rings. The number of rotatable bonds is 2. The first-order valence-electron chi connectivity index (χ1n) is 6.40. The number of halogens is 1. The molecule has 4 rings (SSSR count). The number of nitrogens with zero attached hydrogens (tertiary/aromatic N) is 8. The Labute approximate surface area is 137 Å². The Bertz CT molecular complexity index is 904. The number of alkyl halides is 1. The third kappa shape index (κ3) is 3.63. The molecular formula is C12H10BrN9O. The summed E-state index contributed by atoms with van der Waals surface area (Å²) in [4.78, 5) is 18.8. The number of carbonyl (C=O) groups excluding carboxylic acids is 1. The fraction of sp³-hybridized carbons (Fsp3) is 0.0833. The lowest BCUT2D eigenvalue weighted by molar-refractivity contribution is -0.113. The van der Waals surface area contributed by atoms with Crippen molar-refractivity contribution in [2.24, 2.45) is 0 Å². The number of carbonyl (C=O) groups is 1. The lowest BCUT2D eigenvalue weighted by Crippen LogP contribution is -2.14. The predicted molar refractivity (Wildman–Crippen MR) is 84.0 cm³/mol. The first-order chi connectivity index (χ1) is 11.3. The van der Waals surface area contributed by atoms with E-state index in [1.807, 2.05) is 12.1 Å². The van der Waals surface area contributed by atoms with E-state index in [2.05, 4.69) is 51.6 Å². The fourth-order valence-corrected chi connectivity index (χ4v) is 1.78. The second-order valence-corrected chi connectivity index (χ2v) is 4.70. The SMILES string of the molecule is O=C(CBr)Nc1ccc2ncnn2n1.c1cnn2ncnc2c1. The summed E-state index contributed by atoms with van der Waals surface area (Å²) in [5.74, 6) is 0.296. The summed E-state index contributed by atoms with van der Waals surface area (Å²) in [6.07, 6.45) is 4.54. The van der Waals surface area contributed by atoms with Crippen molar-refractivity contribution in [2.45, 2.75) is 0 Å². The van der Waals surface area contributed by atoms with Gasteiger partial charge in [-0.15, -0.1) is 24.6 Å². The molecule has 0 spiro atoms. The van der Waals surface area contributed by atoms with E-state index in [0.717, 1.165) is 5.65 Å². The molecule has 0 bridgehead atoms. The van der Waals surface area contributed by atoms with Crippen LogP contribution in [0.1, 0.15) is 0 Å². The van der Waals surface area contributed by atoms with Crippen LogP contribution in [0.4, 0.5) is 5.82 Å². The van der Waals surface area contributed by atoms with Gasteiger partial charge in [-0.1, -0.05) is 15.9 Å². The molecule has 116 valence electrons. The van der Waals surface area contributed by atoms with Crippen molar-refractivity contribution < 1.29 is 4.79 Å². The number of anilines is 1. The summed E-state index contributed by atoms with van der Waals surface area (Å²) in [5.41, 5.74) is 1.42. The summed E-state index contributed by atoms with van der Waals surface area (Å²) in [7, 11) is 0. The molecule has 0 saturated carbocycles. The van der Waals surface area contributed by atoms with Gasteiger partial charge >= 0.3 is 0 Å². The van der Waals surface area contributed by atoms with E-state index >= 15 is 0 Å². The van der Waals surface area contributed by atoms with Gasteiger partial charge in [-0.3, -0.25) is 4.79 Å². The predicted octanol–water partition coefficient (Wildman–Crippen LogP) is 0.582. The van der Waals surface area contributed by atoms with E-state index in [1.165, 1.54) is 21.9 Å². The van der Waals surface area contributed by atoms with Gasteiger partial charge in [0.1, 0.15) is 12.7 Å². The minimum absolute atomic E-state index is 0.156. The molecule has 11 heteroatoms. The summed E-state index contributed by atoms with van der Waals surface area (Å²) >= 11 is 3.04. The van der Waals surface area contributed by atoms with E-state index in [9.17, 15) is 4.79 Å². The van der Waals surface area contributed by atoms with E-state index < -0.39 is 0 Å². The lowest BCUT2D eigenvalue weighted by Gasteiger charge is -2.00. The zero-order valence-corrected chi connectivity index (χ0v) is 13.2. The highest BCUT2D eigenvalue weighted by Crippen LogP contribution is 2.03. The Morgan fingerprint density at radius 2 is 1.78 bits per heavy atom. The molecule has 10 nitrogen and oxygen atoms in total. The summed E-state index contributed by atoms with van der Waals surface area (Å²) < 4.78 is 2.82. The number of hydrogen-bond acceptors (Lipinski definition) is 7. The molecule has 0 aliphatic heterocycles. The zero-order chi connectivity index (χ0) is 16.1. The van der Waals surface area contributed by atoms with Crippen molar-refractivity contribution in [3.63, 3.8) is 0 Å². The van der Waals surface area contributed by atoms with Gasteiger partial charge in [-0.05, 0) is 24.3 Å². The normalized spacial score (nSPS) is 10.3. The Balaban J connectivity index is 0.000000149. The zero-order valence-electron chi connectivity index (χ0n) is 11.6. The topological polar surface area (TPSA) is 115 Å². The quantitative estimate of drug-likeness (QED) is 0.509. The van der Waals surface area contributed by atoms with Crippen molar-refractivity contribution in [3.05, 3.63) is 43.1 Å². The molecule has 0 unspecified atom stereocenters. The third-order valence-corrected chi connectivity index (χ3v) is 3.11. The Morgan fingerprint density at radius 1 is 1.04 bits per heavy atom. The average molecular weight is 376 g/mol. The van der Waals surface area contributed by atoms with Crippen molar-refractivity contribution in [1.82, 2.24) is 39.6 Å². The van der Waals surface area contributed by atoms with Gasteiger partial charge in [0.05, 0.1) is 5.33 Å². The highest BCUT2D eigenvalue weighted by molar-refractivity contribution is 9.09. The molecule has 0 radical (unpaired) electrons. The molecule has 4 heterocycles. The summed E-state index contributed by atoms with van der Waals surface area (Å²) in [6.45, 7) is 0. The van der Waals surface area contributed by atoms with Crippen LogP contribution >= 0.6 is 15.9 Å². The van der Waals surface area contributed by atoms with Crippen LogP contribution < -0.4 is 5.32 Å². The Hall–Kier alpha value is -2.95. The van der Waals surface area contributed by atoms with Crippen LogP contribution in [-0.2, 0) is 4.79 Å². The monoisotopic (exact) mass is 375 g/mol. The van der Waals surface area contributed by atoms with Crippen LogP contribution in [0.3, 0.4) is 0 Å². The number of fused-ring (bicyclic) bond motifs is 2. The van der Waals surface area contributed by atoms with E-state index in [4.69, 9.17) is 0 Å². The molecular weight excluding hydrogens is 366 g/mol. The van der Waals surface area contributed by atoms with Crippen molar-refractivity contribution in [2.75, 3.05) is 10.6 Å². The number of nitrogens with one attached hydrogen (secondary N) is 1. The van der Waals surface area contributed by atoms with Gasteiger partial charge in [-0.2, -0.15) is 5.10 Å². The van der Waals surface area contributed by atoms with Crippen LogP contribution in [0.5, 0.6) is 0 Å². The van der Waals surface area contributed by atoms with Crippen molar-refractivity contribution >= 4 is 38.9 Å². The van der Waals surface area contributed by atoms with Crippen LogP contribution in [0, 0.1) is 0 Å². The Morgan fingerprint density at radius 3 is 2.52 bits per heavy atom. The highest BCUT2D eigenvalue weighted by atomic mass is 79.9. The number of amides is 1. The van der Waals surface area contributed by atoms with Gasteiger partial charge < -0.3 is 5.32 Å². The van der Waals surface area contributed by atoms with E-state index in [-0.39, 0.29) is 11.2 Å². The molecule has 0 aliphatic carbocycles.